The summed E-state index contributed by atoms with van der Waals surface area (Å²) in [4.78, 5) is 15.0. The molecule has 20 heavy (non-hydrogen) atoms. The Kier molecular flexibility index (Phi) is 4.94. The highest BCUT2D eigenvalue weighted by Gasteiger charge is 2.37. The highest BCUT2D eigenvalue weighted by atomic mass is 16.5. The highest BCUT2D eigenvalue weighted by molar-refractivity contribution is 5.88. The summed E-state index contributed by atoms with van der Waals surface area (Å²) in [5, 5.41) is 4.15. The van der Waals surface area contributed by atoms with Gasteiger partial charge in [-0.15, -0.1) is 0 Å². The van der Waals surface area contributed by atoms with Gasteiger partial charge in [0.25, 0.3) is 0 Å². The third kappa shape index (κ3) is 3.10. The van der Waals surface area contributed by atoms with Gasteiger partial charge < -0.3 is 4.74 Å². The number of rotatable bonds is 6. The van der Waals surface area contributed by atoms with Crippen LogP contribution in [0.25, 0.3) is 0 Å². The standard InChI is InChI=1S/C15H25N3O2/c1-4-15(2,18-9-11-20-12-10-18)14(19)6-5-13-7-8-16-17(13)3/h7-8H,4-6,9-12H2,1-3H3. The molecule has 0 bridgehead atoms. The molecule has 5 heteroatoms. The summed E-state index contributed by atoms with van der Waals surface area (Å²) in [6.07, 6.45) is 3.95. The van der Waals surface area contributed by atoms with Crippen LogP contribution in [0.4, 0.5) is 0 Å². The zero-order chi connectivity index (χ0) is 14.6. The van der Waals surface area contributed by atoms with Crippen LogP contribution in [0.3, 0.4) is 0 Å². The molecule has 2 heterocycles. The van der Waals surface area contributed by atoms with E-state index >= 15 is 0 Å². The summed E-state index contributed by atoms with van der Waals surface area (Å²) in [6, 6.07) is 1.98. The van der Waals surface area contributed by atoms with Crippen molar-refractivity contribution in [2.75, 3.05) is 26.3 Å². The van der Waals surface area contributed by atoms with Crippen molar-refractivity contribution < 1.29 is 9.53 Å². The molecule has 0 aliphatic carbocycles. The monoisotopic (exact) mass is 279 g/mol. The number of nitrogens with zero attached hydrogens (tertiary/aromatic N) is 3. The van der Waals surface area contributed by atoms with Crippen LogP contribution in [0.2, 0.25) is 0 Å². The van der Waals surface area contributed by atoms with Crippen LogP contribution >= 0.6 is 0 Å². The smallest absolute Gasteiger partial charge is 0.153 e. The molecule has 1 saturated heterocycles. The minimum absolute atomic E-state index is 0.322. The topological polar surface area (TPSA) is 47.4 Å². The average Bonchev–Trinajstić information content (AvgIpc) is 2.90. The minimum Gasteiger partial charge on any atom is -0.379 e. The van der Waals surface area contributed by atoms with Crippen LogP contribution in [0.5, 0.6) is 0 Å². The maximum absolute atomic E-state index is 12.7. The van der Waals surface area contributed by atoms with Crippen molar-refractivity contribution in [3.8, 4) is 0 Å². The van der Waals surface area contributed by atoms with Crippen molar-refractivity contribution in [1.29, 1.82) is 0 Å². The number of morpholine rings is 1. The largest absolute Gasteiger partial charge is 0.379 e. The van der Waals surface area contributed by atoms with Gasteiger partial charge in [0.2, 0.25) is 0 Å². The van der Waals surface area contributed by atoms with Crippen LogP contribution in [0.1, 0.15) is 32.4 Å². The molecular formula is C15H25N3O2. The second-order valence-corrected chi connectivity index (χ2v) is 5.60. The second kappa shape index (κ2) is 6.50. The van der Waals surface area contributed by atoms with Crippen LogP contribution in [0, 0.1) is 0 Å². The SMILES string of the molecule is CCC(C)(C(=O)CCc1ccnn1C)N1CCOCC1. The molecule has 1 aromatic heterocycles. The zero-order valence-electron chi connectivity index (χ0n) is 12.8. The van der Waals surface area contributed by atoms with Gasteiger partial charge >= 0.3 is 0 Å². The number of ether oxygens (including phenoxy) is 1. The van der Waals surface area contributed by atoms with E-state index in [0.29, 0.717) is 12.2 Å². The summed E-state index contributed by atoms with van der Waals surface area (Å²) >= 11 is 0. The number of aromatic nitrogens is 2. The number of hydrogen-bond donors (Lipinski definition) is 0. The summed E-state index contributed by atoms with van der Waals surface area (Å²) in [5.41, 5.74) is 0.751. The maximum atomic E-state index is 12.7. The first-order valence-electron chi connectivity index (χ1n) is 7.41. The van der Waals surface area contributed by atoms with Gasteiger partial charge in [-0.1, -0.05) is 6.92 Å². The van der Waals surface area contributed by atoms with Crippen molar-refractivity contribution in [3.05, 3.63) is 18.0 Å². The molecule has 1 atom stereocenters. The minimum atomic E-state index is -0.359. The fourth-order valence-electron chi connectivity index (χ4n) is 2.81. The Morgan fingerprint density at radius 3 is 2.70 bits per heavy atom. The highest BCUT2D eigenvalue weighted by Crippen LogP contribution is 2.24. The lowest BCUT2D eigenvalue weighted by Gasteiger charge is -2.41. The van der Waals surface area contributed by atoms with E-state index in [-0.39, 0.29) is 5.54 Å². The lowest BCUT2D eigenvalue weighted by atomic mass is 9.87. The molecule has 1 aromatic rings. The maximum Gasteiger partial charge on any atom is 0.153 e. The van der Waals surface area contributed by atoms with Crippen LogP contribution < -0.4 is 0 Å². The van der Waals surface area contributed by atoms with E-state index in [1.807, 2.05) is 17.8 Å². The van der Waals surface area contributed by atoms with Gasteiger partial charge in [0, 0.05) is 38.4 Å². The fraction of sp³-hybridized carbons (Fsp3) is 0.733. The molecule has 2 rings (SSSR count). The zero-order valence-corrected chi connectivity index (χ0v) is 12.8. The van der Waals surface area contributed by atoms with Gasteiger partial charge in [-0.3, -0.25) is 14.4 Å². The van der Waals surface area contributed by atoms with Crippen LogP contribution in [0.15, 0.2) is 12.3 Å². The van der Waals surface area contributed by atoms with E-state index in [1.165, 1.54) is 0 Å². The van der Waals surface area contributed by atoms with Crippen LogP contribution in [-0.4, -0.2) is 52.3 Å². The van der Waals surface area contributed by atoms with E-state index in [2.05, 4.69) is 23.8 Å². The van der Waals surface area contributed by atoms with Gasteiger partial charge in [-0.05, 0) is 25.8 Å². The van der Waals surface area contributed by atoms with E-state index < -0.39 is 0 Å². The molecule has 5 nitrogen and oxygen atoms in total. The van der Waals surface area contributed by atoms with Crippen LogP contribution in [-0.2, 0) is 23.0 Å². The molecule has 1 unspecified atom stereocenters. The summed E-state index contributed by atoms with van der Waals surface area (Å²) < 4.78 is 7.23. The Hall–Kier alpha value is -1.20. The average molecular weight is 279 g/mol. The summed E-state index contributed by atoms with van der Waals surface area (Å²) in [7, 11) is 1.92. The molecular weight excluding hydrogens is 254 g/mol. The number of ketones is 1. The molecule has 0 spiro atoms. The molecule has 0 N–H and O–H groups in total. The lowest BCUT2D eigenvalue weighted by Crippen LogP contribution is -2.56. The molecule has 112 valence electrons. The van der Waals surface area contributed by atoms with Gasteiger partial charge in [-0.25, -0.2) is 0 Å². The Balaban J connectivity index is 1.99. The number of Topliss-reactive ketones (excluding diaryl/α,β-unsaturated/α-hetero) is 1. The van der Waals surface area contributed by atoms with Crippen molar-refractivity contribution in [2.24, 2.45) is 7.05 Å². The van der Waals surface area contributed by atoms with Gasteiger partial charge in [0.05, 0.1) is 18.8 Å². The van der Waals surface area contributed by atoms with E-state index in [1.54, 1.807) is 6.20 Å². The van der Waals surface area contributed by atoms with E-state index in [9.17, 15) is 4.79 Å². The van der Waals surface area contributed by atoms with E-state index in [0.717, 1.165) is 44.8 Å². The predicted octanol–water partition coefficient (Wildman–Crippen LogP) is 1.42. The molecule has 0 aromatic carbocycles. The third-order valence-corrected chi connectivity index (χ3v) is 4.53. The van der Waals surface area contributed by atoms with E-state index in [4.69, 9.17) is 4.74 Å². The molecule has 0 radical (unpaired) electrons. The second-order valence-electron chi connectivity index (χ2n) is 5.60. The molecule has 1 fully saturated rings. The Morgan fingerprint density at radius 2 is 2.15 bits per heavy atom. The molecule has 0 amide bonds. The number of carbonyl (C=O) groups is 1. The summed E-state index contributed by atoms with van der Waals surface area (Å²) in [6.45, 7) is 7.32. The predicted molar refractivity (Wildman–Crippen MR) is 77.6 cm³/mol. The first-order chi connectivity index (χ1) is 9.58. The lowest BCUT2D eigenvalue weighted by molar-refractivity contribution is -0.133. The molecule has 1 aliphatic heterocycles. The molecule has 1 aliphatic rings. The normalized spacial score (nSPS) is 19.8. The number of aryl methyl sites for hydroxylation is 2. The Bertz CT molecular complexity index is 452. The quantitative estimate of drug-likeness (QED) is 0.790. The van der Waals surface area contributed by atoms with Gasteiger partial charge in [0.1, 0.15) is 0 Å². The van der Waals surface area contributed by atoms with Crippen molar-refractivity contribution >= 4 is 5.78 Å². The van der Waals surface area contributed by atoms with Gasteiger partial charge in [-0.2, -0.15) is 5.10 Å². The summed E-state index contributed by atoms with van der Waals surface area (Å²) in [5.74, 6) is 0.322. The Morgan fingerprint density at radius 1 is 1.45 bits per heavy atom. The third-order valence-electron chi connectivity index (χ3n) is 4.53. The Labute approximate surface area is 120 Å². The van der Waals surface area contributed by atoms with Crippen molar-refractivity contribution in [3.63, 3.8) is 0 Å². The first-order valence-corrected chi connectivity index (χ1v) is 7.41. The number of hydrogen-bond acceptors (Lipinski definition) is 4. The van der Waals surface area contributed by atoms with Crippen molar-refractivity contribution in [2.45, 2.75) is 38.6 Å². The number of carbonyl (C=O) groups excluding carboxylic acids is 1. The van der Waals surface area contributed by atoms with Gasteiger partial charge in [0.15, 0.2) is 5.78 Å². The fourth-order valence-corrected chi connectivity index (χ4v) is 2.81. The van der Waals surface area contributed by atoms with Crippen molar-refractivity contribution in [1.82, 2.24) is 14.7 Å². The molecule has 0 saturated carbocycles. The first kappa shape index (κ1) is 15.2.